The largest absolute Gasteiger partial charge is 0.632 e. The molecule has 224 valence electrons. The van der Waals surface area contributed by atoms with Crippen molar-refractivity contribution in [3.63, 3.8) is 0 Å². The molecule has 1 aliphatic rings. The highest BCUT2D eigenvalue weighted by atomic mass is 28.3. The Morgan fingerprint density at radius 1 is 0.558 bits per heavy atom. The molecule has 2 N–H and O–H groups in total. The number of hydrogen-bond acceptors (Lipinski definition) is 6. The van der Waals surface area contributed by atoms with Crippen molar-refractivity contribution in [2.45, 2.75) is 57.3 Å². The van der Waals surface area contributed by atoms with Crippen LogP contribution < -0.4 is 5.40 Å². The summed E-state index contributed by atoms with van der Waals surface area (Å²) in [6.07, 6.45) is -1.41. The van der Waals surface area contributed by atoms with Crippen molar-refractivity contribution in [2.24, 2.45) is 11.3 Å². The molecule has 0 radical (unpaired) electrons. The Labute approximate surface area is 255 Å². The lowest BCUT2D eigenvalue weighted by Gasteiger charge is -2.46. The zero-order chi connectivity index (χ0) is 29.7. The minimum atomic E-state index is -2.75. The summed E-state index contributed by atoms with van der Waals surface area (Å²) in [7, 11) is -2.75. The lowest BCUT2D eigenvalue weighted by molar-refractivity contribution is -0.216. The molecule has 0 aliphatic heterocycles. The van der Waals surface area contributed by atoms with E-state index in [1.807, 2.05) is 121 Å². The van der Waals surface area contributed by atoms with Crippen LogP contribution in [0.25, 0.3) is 0 Å². The summed E-state index contributed by atoms with van der Waals surface area (Å²) in [6.45, 7) is 1.88. The quantitative estimate of drug-likeness (QED) is 0.175. The molecule has 0 amide bonds. The molecule has 4 aromatic carbocycles. The van der Waals surface area contributed by atoms with E-state index in [9.17, 15) is 4.46 Å². The molecule has 0 unspecified atom stereocenters. The molecule has 0 heterocycles. The van der Waals surface area contributed by atoms with Crippen LogP contribution in [-0.2, 0) is 54.3 Å². The molecule has 4 aromatic rings. The van der Waals surface area contributed by atoms with Gasteiger partial charge in [-0.2, -0.15) is 0 Å². The summed E-state index contributed by atoms with van der Waals surface area (Å²) in [5.74, 6) is -0.303. The Balaban J connectivity index is 1.42. The van der Waals surface area contributed by atoms with Crippen molar-refractivity contribution in [1.29, 1.82) is 0 Å². The van der Waals surface area contributed by atoms with E-state index >= 15 is 0 Å². The van der Waals surface area contributed by atoms with E-state index in [2.05, 4.69) is 0 Å². The van der Waals surface area contributed by atoms with Crippen LogP contribution in [0.15, 0.2) is 121 Å². The maximum absolute atomic E-state index is 12.3. The van der Waals surface area contributed by atoms with Crippen LogP contribution in [0, 0.1) is 5.92 Å². The second kappa shape index (κ2) is 16.3. The maximum Gasteiger partial charge on any atom is 0.632 e. The van der Waals surface area contributed by atoms with Crippen molar-refractivity contribution >= 4 is 9.09 Å². The molecular formula is C35H39NO6Si. The molecule has 0 saturated heterocycles. The number of benzene rings is 4. The standard InChI is InChI=1S/C35H39NO6Si/c36-43(37)42-32-21-33(39-23-28-15-7-2-8-16-28)35(41-25-30-19-11-4-12-20-30)34(40-24-29-17-9-3-10-18-29)31(32)26-38-22-27-13-5-1-6-14-27/h1-20,31-35H,21-26,36H2/t31-,32+,33-,34-,35+/m0/s1. The first kappa shape index (κ1) is 30.8. The fourth-order valence-electron chi connectivity index (χ4n) is 5.47. The summed E-state index contributed by atoms with van der Waals surface area (Å²) < 4.78 is 44.3. The van der Waals surface area contributed by atoms with E-state index in [0.29, 0.717) is 39.5 Å². The summed E-state index contributed by atoms with van der Waals surface area (Å²) in [4.78, 5) is 0. The summed E-state index contributed by atoms with van der Waals surface area (Å²) in [5.41, 5.74) is 4.19. The molecule has 1 saturated carbocycles. The summed E-state index contributed by atoms with van der Waals surface area (Å²) in [6, 6.07) is 40.1. The molecule has 1 aliphatic carbocycles. The highest BCUT2D eigenvalue weighted by Gasteiger charge is 2.48. The van der Waals surface area contributed by atoms with Crippen LogP contribution >= 0.6 is 0 Å². The third kappa shape index (κ3) is 9.41. The number of rotatable bonds is 15. The first-order valence-corrected chi connectivity index (χ1v) is 16.1. The fourth-order valence-corrected chi connectivity index (χ4v) is 6.04. The second-order valence-electron chi connectivity index (χ2n) is 10.7. The van der Waals surface area contributed by atoms with E-state index in [1.165, 1.54) is 0 Å². The van der Waals surface area contributed by atoms with Gasteiger partial charge in [-0.15, -0.1) is 0 Å². The second-order valence-corrected chi connectivity index (χ2v) is 11.6. The van der Waals surface area contributed by atoms with Crippen LogP contribution in [0.4, 0.5) is 0 Å². The van der Waals surface area contributed by atoms with Gasteiger partial charge < -0.3 is 33.2 Å². The highest BCUT2D eigenvalue weighted by Crippen LogP contribution is 2.36. The molecule has 7 nitrogen and oxygen atoms in total. The zero-order valence-electron chi connectivity index (χ0n) is 24.2. The molecule has 5 rings (SSSR count). The number of ether oxygens (including phenoxy) is 4. The van der Waals surface area contributed by atoms with E-state index < -0.39 is 33.5 Å². The third-order valence-corrected chi connectivity index (χ3v) is 8.16. The predicted molar refractivity (Wildman–Crippen MR) is 165 cm³/mol. The fraction of sp³-hybridized carbons (Fsp3) is 0.314. The average molecular weight is 598 g/mol. The van der Waals surface area contributed by atoms with Crippen molar-refractivity contribution in [2.75, 3.05) is 6.61 Å². The lowest BCUT2D eigenvalue weighted by atomic mass is 9.80. The van der Waals surface area contributed by atoms with Gasteiger partial charge in [-0.3, -0.25) is 0 Å². The first-order valence-electron chi connectivity index (χ1n) is 14.7. The highest BCUT2D eigenvalue weighted by molar-refractivity contribution is 6.30. The smallest absolute Gasteiger partial charge is 0.506 e. The SMILES string of the molecule is N[Si](=O)O[C@@H]1C[C@H](OCc2ccccc2)[C@@H](OCc2ccccc2)[C@@H](OCc2ccccc2)[C@H]1COCc1ccccc1. The van der Waals surface area contributed by atoms with E-state index in [1.54, 1.807) is 0 Å². The molecule has 43 heavy (non-hydrogen) atoms. The topological polar surface area (TPSA) is 89.2 Å². The minimum absolute atomic E-state index is 0.303. The average Bonchev–Trinajstić information content (AvgIpc) is 3.04. The van der Waals surface area contributed by atoms with Crippen molar-refractivity contribution in [3.8, 4) is 0 Å². The van der Waals surface area contributed by atoms with Gasteiger partial charge in [0.05, 0.1) is 51.3 Å². The normalized spacial score (nSPS) is 21.7. The molecule has 0 aromatic heterocycles. The van der Waals surface area contributed by atoms with Gasteiger partial charge in [-0.1, -0.05) is 121 Å². The van der Waals surface area contributed by atoms with Crippen LogP contribution in [0.3, 0.4) is 0 Å². The minimum Gasteiger partial charge on any atom is -0.506 e. The van der Waals surface area contributed by atoms with Crippen LogP contribution in [0.1, 0.15) is 28.7 Å². The van der Waals surface area contributed by atoms with Crippen molar-refractivity contribution < 1.29 is 27.8 Å². The Kier molecular flexibility index (Phi) is 11.6. The van der Waals surface area contributed by atoms with Crippen LogP contribution in [0.5, 0.6) is 0 Å². The van der Waals surface area contributed by atoms with Gasteiger partial charge >= 0.3 is 9.09 Å². The van der Waals surface area contributed by atoms with Gasteiger partial charge in [0.2, 0.25) is 0 Å². The van der Waals surface area contributed by atoms with E-state index in [4.69, 9.17) is 28.8 Å². The zero-order valence-corrected chi connectivity index (χ0v) is 25.2. The van der Waals surface area contributed by atoms with Crippen molar-refractivity contribution in [1.82, 2.24) is 0 Å². The molecule has 8 heteroatoms. The molecule has 0 bridgehead atoms. The number of nitrogens with two attached hydrogens (primary N) is 1. The van der Waals surface area contributed by atoms with Crippen molar-refractivity contribution in [3.05, 3.63) is 144 Å². The van der Waals surface area contributed by atoms with E-state index in [0.717, 1.165) is 22.3 Å². The predicted octanol–water partition coefficient (Wildman–Crippen LogP) is 5.74. The van der Waals surface area contributed by atoms with E-state index in [-0.39, 0.29) is 5.92 Å². The maximum atomic E-state index is 12.3. The molecule has 0 spiro atoms. The lowest BCUT2D eigenvalue weighted by Crippen LogP contribution is -2.58. The Morgan fingerprint density at radius 2 is 0.977 bits per heavy atom. The van der Waals surface area contributed by atoms with Crippen LogP contribution in [-0.4, -0.2) is 40.1 Å². The Bertz CT molecular complexity index is 1360. The molecule has 1 fully saturated rings. The van der Waals surface area contributed by atoms with Gasteiger partial charge in [-0.05, 0) is 22.3 Å². The number of hydrogen-bond donors (Lipinski definition) is 1. The van der Waals surface area contributed by atoms with Gasteiger partial charge in [0.25, 0.3) is 0 Å². The van der Waals surface area contributed by atoms with Gasteiger partial charge in [0.1, 0.15) is 6.10 Å². The van der Waals surface area contributed by atoms with Gasteiger partial charge in [0, 0.05) is 12.3 Å². The molecule has 5 atom stereocenters. The molecular weight excluding hydrogens is 558 g/mol. The summed E-state index contributed by atoms with van der Waals surface area (Å²) >= 11 is 0. The van der Waals surface area contributed by atoms with Crippen LogP contribution in [0.2, 0.25) is 0 Å². The Hall–Kier alpha value is -3.66. The first-order chi connectivity index (χ1) is 21.2. The monoisotopic (exact) mass is 597 g/mol. The van der Waals surface area contributed by atoms with Gasteiger partial charge in [0.15, 0.2) is 0 Å². The van der Waals surface area contributed by atoms with Gasteiger partial charge in [-0.25, -0.2) is 0 Å². The third-order valence-electron chi connectivity index (χ3n) is 7.62. The Morgan fingerprint density at radius 3 is 1.44 bits per heavy atom. The summed E-state index contributed by atoms with van der Waals surface area (Å²) in [5, 5.41) is 5.77.